The predicted octanol–water partition coefficient (Wildman–Crippen LogP) is 4.58. The van der Waals surface area contributed by atoms with Gasteiger partial charge in [0.25, 0.3) is 0 Å². The van der Waals surface area contributed by atoms with Crippen molar-refractivity contribution in [3.63, 3.8) is 0 Å². The Kier molecular flexibility index (Phi) is 4.60. The van der Waals surface area contributed by atoms with Gasteiger partial charge in [0.05, 0.1) is 0 Å². The molecule has 2 aromatic carbocycles. The summed E-state index contributed by atoms with van der Waals surface area (Å²) in [4.78, 5) is 2.31. The van der Waals surface area contributed by atoms with Gasteiger partial charge in [0, 0.05) is 9.79 Å². The molecule has 0 atom stereocenters. The lowest BCUT2D eigenvalue weighted by Gasteiger charge is -2.02. The van der Waals surface area contributed by atoms with Gasteiger partial charge in [-0.15, -0.1) is 0 Å². The summed E-state index contributed by atoms with van der Waals surface area (Å²) in [5.41, 5.74) is 2.22. The molecule has 0 unspecified atom stereocenters. The van der Waals surface area contributed by atoms with Crippen LogP contribution in [0, 0.1) is 29.6 Å². The summed E-state index contributed by atoms with van der Waals surface area (Å²) < 4.78 is 0. The lowest BCUT2D eigenvalue weighted by molar-refractivity contribution is 1.36. The Bertz CT molecular complexity index is 683. The number of nitrogens with zero attached hydrogens (tertiary/aromatic N) is 2. The van der Waals surface area contributed by atoms with Gasteiger partial charge in [0.2, 0.25) is 0 Å². The molecule has 2 nitrogen and oxygen atoms in total. The summed E-state index contributed by atoms with van der Waals surface area (Å²) in [6, 6.07) is 19.9. The predicted molar refractivity (Wildman–Crippen MR) is 80.9 cm³/mol. The summed E-state index contributed by atoms with van der Waals surface area (Å²) >= 11 is 1.68. The first-order chi connectivity index (χ1) is 9.71. The zero-order valence-corrected chi connectivity index (χ0v) is 11.8. The van der Waals surface area contributed by atoms with Gasteiger partial charge in [-0.1, -0.05) is 41.6 Å². The fourth-order valence-electron chi connectivity index (χ4n) is 1.63. The lowest BCUT2D eigenvalue weighted by atomic mass is 10.1. The van der Waals surface area contributed by atoms with Crippen LogP contribution in [-0.2, 0) is 0 Å². The Labute approximate surface area is 123 Å². The van der Waals surface area contributed by atoms with Gasteiger partial charge in [-0.25, -0.2) is 0 Å². The Morgan fingerprint density at radius 3 is 1.90 bits per heavy atom. The smallest absolute Gasteiger partial charge is 0.130 e. The van der Waals surface area contributed by atoms with Crippen molar-refractivity contribution in [3.05, 3.63) is 65.2 Å². The van der Waals surface area contributed by atoms with Crippen molar-refractivity contribution in [2.75, 3.05) is 0 Å². The molecule has 96 valence electrons. The molecule has 0 heterocycles. The number of hydrogen-bond acceptors (Lipinski definition) is 3. The van der Waals surface area contributed by atoms with E-state index in [-0.39, 0.29) is 5.57 Å². The second kappa shape index (κ2) is 6.61. The minimum absolute atomic E-state index is 0.115. The maximum Gasteiger partial charge on any atom is 0.130 e. The molecule has 0 amide bonds. The Hall–Kier alpha value is -2.49. The van der Waals surface area contributed by atoms with Crippen molar-refractivity contribution in [1.82, 2.24) is 0 Å². The summed E-state index contributed by atoms with van der Waals surface area (Å²) in [5, 5.41) is 17.4. The summed E-state index contributed by atoms with van der Waals surface area (Å²) in [6.45, 7) is 2.07. The highest BCUT2D eigenvalue weighted by molar-refractivity contribution is 7.99. The highest BCUT2D eigenvalue weighted by atomic mass is 32.2. The van der Waals surface area contributed by atoms with Gasteiger partial charge < -0.3 is 0 Å². The van der Waals surface area contributed by atoms with Gasteiger partial charge >= 0.3 is 0 Å². The first kappa shape index (κ1) is 13.9. The third kappa shape index (κ3) is 3.75. The summed E-state index contributed by atoms with van der Waals surface area (Å²) in [6.07, 6.45) is 1.58. The van der Waals surface area contributed by atoms with Crippen LogP contribution in [0.1, 0.15) is 11.1 Å². The standard InChI is InChI=1S/C17H12N2S/c1-13-2-6-16(7-3-13)20-17-8-4-14(5-9-17)10-15(11-18)12-19/h2-10H,1H3. The van der Waals surface area contributed by atoms with Crippen LogP contribution in [0.15, 0.2) is 63.9 Å². The topological polar surface area (TPSA) is 47.6 Å². The van der Waals surface area contributed by atoms with Crippen molar-refractivity contribution in [2.24, 2.45) is 0 Å². The van der Waals surface area contributed by atoms with E-state index in [0.717, 1.165) is 10.5 Å². The normalized spacial score (nSPS) is 9.35. The van der Waals surface area contributed by atoms with Crippen molar-refractivity contribution >= 4 is 17.8 Å². The van der Waals surface area contributed by atoms with Crippen LogP contribution < -0.4 is 0 Å². The van der Waals surface area contributed by atoms with Crippen LogP contribution in [0.2, 0.25) is 0 Å². The molecule has 0 radical (unpaired) electrons. The first-order valence-electron chi connectivity index (χ1n) is 6.08. The summed E-state index contributed by atoms with van der Waals surface area (Å²) in [7, 11) is 0. The second-order valence-corrected chi connectivity index (χ2v) is 5.41. The van der Waals surface area contributed by atoms with E-state index >= 15 is 0 Å². The second-order valence-electron chi connectivity index (χ2n) is 4.27. The quantitative estimate of drug-likeness (QED) is 0.771. The van der Waals surface area contributed by atoms with Gasteiger partial charge in [0.15, 0.2) is 0 Å². The highest BCUT2D eigenvalue weighted by Gasteiger charge is 1.98. The fraction of sp³-hybridized carbons (Fsp3) is 0.0588. The van der Waals surface area contributed by atoms with Crippen LogP contribution in [-0.4, -0.2) is 0 Å². The molecular formula is C17H12N2S. The van der Waals surface area contributed by atoms with Gasteiger partial charge in [-0.05, 0) is 42.8 Å². The molecular weight excluding hydrogens is 264 g/mol. The molecule has 0 saturated carbocycles. The molecule has 0 aliphatic carbocycles. The van der Waals surface area contributed by atoms with Crippen molar-refractivity contribution in [2.45, 2.75) is 16.7 Å². The minimum Gasteiger partial charge on any atom is -0.192 e. The molecule has 0 aliphatic rings. The van der Waals surface area contributed by atoms with Crippen LogP contribution in [0.3, 0.4) is 0 Å². The number of rotatable bonds is 3. The van der Waals surface area contributed by atoms with Crippen molar-refractivity contribution < 1.29 is 0 Å². The van der Waals surface area contributed by atoms with Crippen molar-refractivity contribution in [3.8, 4) is 12.1 Å². The molecule has 0 fully saturated rings. The first-order valence-corrected chi connectivity index (χ1v) is 6.89. The summed E-state index contributed by atoms with van der Waals surface area (Å²) in [5.74, 6) is 0. The molecule has 0 aliphatic heterocycles. The van der Waals surface area contributed by atoms with E-state index in [1.165, 1.54) is 10.5 Å². The Morgan fingerprint density at radius 2 is 1.40 bits per heavy atom. The maximum atomic E-state index is 8.71. The molecule has 0 saturated heterocycles. The molecule has 20 heavy (non-hydrogen) atoms. The number of benzene rings is 2. The Balaban J connectivity index is 2.13. The molecule has 0 spiro atoms. The number of hydrogen-bond donors (Lipinski definition) is 0. The molecule has 0 aromatic heterocycles. The number of nitriles is 2. The van der Waals surface area contributed by atoms with Crippen LogP contribution in [0.5, 0.6) is 0 Å². The zero-order chi connectivity index (χ0) is 14.4. The average molecular weight is 276 g/mol. The monoisotopic (exact) mass is 276 g/mol. The lowest BCUT2D eigenvalue weighted by Crippen LogP contribution is -1.78. The van der Waals surface area contributed by atoms with E-state index in [2.05, 4.69) is 31.2 Å². The van der Waals surface area contributed by atoms with E-state index in [4.69, 9.17) is 10.5 Å². The largest absolute Gasteiger partial charge is 0.192 e. The van der Waals surface area contributed by atoms with E-state index in [1.807, 2.05) is 36.4 Å². The fourth-order valence-corrected chi connectivity index (χ4v) is 2.45. The highest BCUT2D eigenvalue weighted by Crippen LogP contribution is 2.28. The van der Waals surface area contributed by atoms with E-state index in [0.29, 0.717) is 0 Å². The van der Waals surface area contributed by atoms with Crippen LogP contribution >= 0.6 is 11.8 Å². The SMILES string of the molecule is Cc1ccc(Sc2ccc(C=C(C#N)C#N)cc2)cc1. The molecule has 0 bridgehead atoms. The van der Waals surface area contributed by atoms with E-state index in [9.17, 15) is 0 Å². The molecule has 3 heteroatoms. The van der Waals surface area contributed by atoms with Crippen LogP contribution in [0.25, 0.3) is 6.08 Å². The molecule has 2 rings (SSSR count). The minimum atomic E-state index is 0.115. The average Bonchev–Trinajstić information content (AvgIpc) is 2.49. The van der Waals surface area contributed by atoms with Crippen LogP contribution in [0.4, 0.5) is 0 Å². The molecule has 2 aromatic rings. The van der Waals surface area contributed by atoms with E-state index < -0.39 is 0 Å². The van der Waals surface area contributed by atoms with Gasteiger partial charge in [0.1, 0.15) is 17.7 Å². The Morgan fingerprint density at radius 1 is 0.900 bits per heavy atom. The van der Waals surface area contributed by atoms with Gasteiger partial charge in [-0.2, -0.15) is 10.5 Å². The third-order valence-corrected chi connectivity index (χ3v) is 3.70. The third-order valence-electron chi connectivity index (χ3n) is 2.69. The number of allylic oxidation sites excluding steroid dienone is 1. The van der Waals surface area contributed by atoms with Crippen molar-refractivity contribution in [1.29, 1.82) is 10.5 Å². The maximum absolute atomic E-state index is 8.71. The van der Waals surface area contributed by atoms with E-state index in [1.54, 1.807) is 17.8 Å². The zero-order valence-electron chi connectivity index (χ0n) is 11.0. The molecule has 0 N–H and O–H groups in total. The van der Waals surface area contributed by atoms with Gasteiger partial charge in [-0.3, -0.25) is 0 Å². The number of aryl methyl sites for hydroxylation is 1.